The zero-order chi connectivity index (χ0) is 22.8. The van der Waals surface area contributed by atoms with Crippen LogP contribution in [0.25, 0.3) is 0 Å². The van der Waals surface area contributed by atoms with Crippen molar-refractivity contribution >= 4 is 29.8 Å². The SMILES string of the molecule is CCCCCCCC(=O)NC1=NC(=O)C2=C(CCN(CC(C)C)CC(C)C)C=NC2=N1. The fourth-order valence-electron chi connectivity index (χ4n) is 3.90. The second-order valence-corrected chi connectivity index (χ2v) is 9.34. The molecule has 2 aliphatic heterocycles. The van der Waals surface area contributed by atoms with Crippen LogP contribution in [-0.4, -0.2) is 54.4 Å². The number of guanidine groups is 1. The first-order valence-corrected chi connectivity index (χ1v) is 11.8. The molecular weight excluding hydrogens is 390 g/mol. The lowest BCUT2D eigenvalue weighted by molar-refractivity contribution is -0.119. The maximum atomic E-state index is 12.6. The number of aliphatic imine (C=N–C) groups is 3. The minimum Gasteiger partial charge on any atom is -0.302 e. The van der Waals surface area contributed by atoms with Gasteiger partial charge >= 0.3 is 0 Å². The molecule has 0 fully saturated rings. The molecule has 0 aromatic carbocycles. The minimum absolute atomic E-state index is 0.0574. The van der Waals surface area contributed by atoms with Gasteiger partial charge in [-0.1, -0.05) is 60.3 Å². The first-order chi connectivity index (χ1) is 14.8. The highest BCUT2D eigenvalue weighted by Crippen LogP contribution is 2.22. The lowest BCUT2D eigenvalue weighted by atomic mass is 10.0. The van der Waals surface area contributed by atoms with Gasteiger partial charge in [0.15, 0.2) is 5.84 Å². The monoisotopic (exact) mass is 429 g/mol. The highest BCUT2D eigenvalue weighted by molar-refractivity contribution is 6.34. The second-order valence-electron chi connectivity index (χ2n) is 9.34. The molecule has 31 heavy (non-hydrogen) atoms. The number of rotatable bonds is 13. The van der Waals surface area contributed by atoms with Crippen LogP contribution in [-0.2, 0) is 9.59 Å². The van der Waals surface area contributed by atoms with Crippen molar-refractivity contribution in [3.63, 3.8) is 0 Å². The van der Waals surface area contributed by atoms with Crippen molar-refractivity contribution in [1.82, 2.24) is 10.2 Å². The zero-order valence-corrected chi connectivity index (χ0v) is 19.9. The number of amides is 2. The maximum Gasteiger partial charge on any atom is 0.284 e. The molecule has 0 saturated carbocycles. The summed E-state index contributed by atoms with van der Waals surface area (Å²) in [5.74, 6) is 1.08. The van der Waals surface area contributed by atoms with Crippen LogP contribution in [0.4, 0.5) is 0 Å². The van der Waals surface area contributed by atoms with E-state index in [0.29, 0.717) is 29.7 Å². The van der Waals surface area contributed by atoms with Crippen LogP contribution >= 0.6 is 0 Å². The molecule has 0 radical (unpaired) electrons. The average Bonchev–Trinajstić information content (AvgIpc) is 3.08. The van der Waals surface area contributed by atoms with Crippen LogP contribution in [0.3, 0.4) is 0 Å². The lowest BCUT2D eigenvalue weighted by Crippen LogP contribution is -2.34. The van der Waals surface area contributed by atoms with E-state index in [9.17, 15) is 9.59 Å². The molecule has 0 aliphatic carbocycles. The van der Waals surface area contributed by atoms with E-state index >= 15 is 0 Å². The van der Waals surface area contributed by atoms with E-state index in [-0.39, 0.29) is 17.8 Å². The van der Waals surface area contributed by atoms with Gasteiger partial charge in [0.1, 0.15) is 0 Å². The molecule has 0 bridgehead atoms. The summed E-state index contributed by atoms with van der Waals surface area (Å²) in [6.45, 7) is 14.0. The Balaban J connectivity index is 1.93. The third kappa shape index (κ3) is 8.48. The van der Waals surface area contributed by atoms with Crippen LogP contribution in [0.15, 0.2) is 26.1 Å². The van der Waals surface area contributed by atoms with Gasteiger partial charge < -0.3 is 4.90 Å². The Labute approximate surface area is 187 Å². The van der Waals surface area contributed by atoms with Gasteiger partial charge in [-0.25, -0.2) is 4.99 Å². The number of amidine groups is 1. The van der Waals surface area contributed by atoms with Gasteiger partial charge in [0, 0.05) is 32.3 Å². The maximum absolute atomic E-state index is 12.6. The third-order valence-corrected chi connectivity index (χ3v) is 5.22. The number of hydrogen-bond acceptors (Lipinski definition) is 5. The number of hydrogen-bond donors (Lipinski definition) is 1. The third-order valence-electron chi connectivity index (χ3n) is 5.22. The van der Waals surface area contributed by atoms with Crippen molar-refractivity contribution in [3.8, 4) is 0 Å². The molecule has 172 valence electrons. The van der Waals surface area contributed by atoms with Crippen molar-refractivity contribution in [1.29, 1.82) is 0 Å². The van der Waals surface area contributed by atoms with Crippen molar-refractivity contribution in [2.24, 2.45) is 26.8 Å². The van der Waals surface area contributed by atoms with E-state index in [1.54, 1.807) is 6.21 Å². The summed E-state index contributed by atoms with van der Waals surface area (Å²) in [6.07, 6.45) is 8.25. The van der Waals surface area contributed by atoms with Crippen molar-refractivity contribution in [2.45, 2.75) is 79.6 Å². The number of nitrogens with one attached hydrogen (secondary N) is 1. The topological polar surface area (TPSA) is 86.5 Å². The Hall–Kier alpha value is -2.15. The van der Waals surface area contributed by atoms with Gasteiger partial charge in [-0.2, -0.15) is 9.98 Å². The second kappa shape index (κ2) is 12.6. The summed E-state index contributed by atoms with van der Waals surface area (Å²) in [7, 11) is 0. The first kappa shape index (κ1) is 25.1. The molecule has 2 aliphatic rings. The van der Waals surface area contributed by atoms with Crippen molar-refractivity contribution in [2.75, 3.05) is 19.6 Å². The molecule has 0 unspecified atom stereocenters. The fourth-order valence-corrected chi connectivity index (χ4v) is 3.90. The molecule has 2 heterocycles. The molecule has 1 N–H and O–H groups in total. The Bertz CT molecular complexity index is 752. The van der Waals surface area contributed by atoms with E-state index in [4.69, 9.17) is 0 Å². The molecule has 0 atom stereocenters. The summed E-state index contributed by atoms with van der Waals surface area (Å²) in [5.41, 5.74) is 1.36. The predicted octanol–water partition coefficient (Wildman–Crippen LogP) is 4.14. The summed E-state index contributed by atoms with van der Waals surface area (Å²) in [6, 6.07) is 0. The van der Waals surface area contributed by atoms with E-state index in [2.05, 4.69) is 59.8 Å². The van der Waals surface area contributed by atoms with E-state index in [1.165, 1.54) is 12.8 Å². The lowest BCUT2D eigenvalue weighted by Gasteiger charge is -2.26. The summed E-state index contributed by atoms with van der Waals surface area (Å²) in [5, 5.41) is 2.66. The molecule has 7 heteroatoms. The Kier molecular flexibility index (Phi) is 10.2. The van der Waals surface area contributed by atoms with E-state index in [0.717, 1.165) is 50.9 Å². The molecule has 0 spiro atoms. The molecule has 2 rings (SSSR count). The molecule has 7 nitrogen and oxygen atoms in total. The molecule has 0 aromatic heterocycles. The summed E-state index contributed by atoms with van der Waals surface area (Å²) in [4.78, 5) is 39.8. The van der Waals surface area contributed by atoms with Crippen molar-refractivity contribution < 1.29 is 9.59 Å². The fraction of sp³-hybridized carbons (Fsp3) is 0.708. The number of unbranched alkanes of at least 4 members (excludes halogenated alkanes) is 4. The first-order valence-electron chi connectivity index (χ1n) is 11.8. The quantitative estimate of drug-likeness (QED) is 0.446. The van der Waals surface area contributed by atoms with E-state index < -0.39 is 0 Å². The standard InChI is InChI=1S/C24H39N5O2/c1-6-7-8-9-10-11-20(30)26-24-27-22-21(23(31)28-24)19(14-25-22)12-13-29(15-17(2)3)16-18(4)5/h14,17-18H,6-13,15-16H2,1-5H3,(H,26,28,30,31). The summed E-state index contributed by atoms with van der Waals surface area (Å²) < 4.78 is 0. The molecule has 0 saturated heterocycles. The molecular formula is C24H39N5O2. The van der Waals surface area contributed by atoms with Crippen LogP contribution in [0.2, 0.25) is 0 Å². The van der Waals surface area contributed by atoms with Crippen LogP contribution < -0.4 is 5.32 Å². The predicted molar refractivity (Wildman–Crippen MR) is 128 cm³/mol. The highest BCUT2D eigenvalue weighted by atomic mass is 16.2. The largest absolute Gasteiger partial charge is 0.302 e. The van der Waals surface area contributed by atoms with Gasteiger partial charge in [0.25, 0.3) is 5.91 Å². The van der Waals surface area contributed by atoms with Gasteiger partial charge in [-0.15, -0.1) is 0 Å². The number of carbonyl (C=O) groups is 2. The molecule has 0 aromatic rings. The smallest absolute Gasteiger partial charge is 0.284 e. The van der Waals surface area contributed by atoms with Crippen LogP contribution in [0, 0.1) is 11.8 Å². The zero-order valence-electron chi connectivity index (χ0n) is 19.9. The van der Waals surface area contributed by atoms with Crippen LogP contribution in [0.1, 0.15) is 79.6 Å². The van der Waals surface area contributed by atoms with Gasteiger partial charge in [0.05, 0.1) is 5.57 Å². The van der Waals surface area contributed by atoms with Crippen LogP contribution in [0.5, 0.6) is 0 Å². The normalized spacial score (nSPS) is 15.8. The number of fused-ring (bicyclic) bond motifs is 1. The summed E-state index contributed by atoms with van der Waals surface area (Å²) >= 11 is 0. The van der Waals surface area contributed by atoms with Gasteiger partial charge in [0.2, 0.25) is 11.9 Å². The van der Waals surface area contributed by atoms with Crippen molar-refractivity contribution in [3.05, 3.63) is 11.1 Å². The Morgan fingerprint density at radius 2 is 1.71 bits per heavy atom. The van der Waals surface area contributed by atoms with Gasteiger partial charge in [-0.05, 0) is 30.3 Å². The Morgan fingerprint density at radius 1 is 1.03 bits per heavy atom. The highest BCUT2D eigenvalue weighted by Gasteiger charge is 2.29. The number of nitrogens with zero attached hydrogens (tertiary/aromatic N) is 4. The Morgan fingerprint density at radius 3 is 2.35 bits per heavy atom. The molecule has 2 amide bonds. The average molecular weight is 430 g/mol. The van der Waals surface area contributed by atoms with Gasteiger partial charge in [-0.3, -0.25) is 14.9 Å². The minimum atomic E-state index is -0.366. The van der Waals surface area contributed by atoms with E-state index in [1.807, 2.05) is 0 Å². The number of carbonyl (C=O) groups excluding carboxylic acids is 2.